The Balaban J connectivity index is 3.27. The van der Waals surface area contributed by atoms with Crippen LogP contribution >= 0.6 is 0 Å². The van der Waals surface area contributed by atoms with Gasteiger partial charge >= 0.3 is 11.9 Å². The molecule has 0 aromatic heterocycles. The average molecular weight is 374 g/mol. The second-order valence-corrected chi connectivity index (χ2v) is 5.26. The van der Waals surface area contributed by atoms with Gasteiger partial charge in [-0.05, 0) is 38.8 Å². The third-order valence-corrected chi connectivity index (χ3v) is 3.12. The molecule has 150 valence electrons. The molecule has 0 radical (unpaired) electrons. The molecular weight excluding hydrogens is 344 g/mol. The molecule has 0 bridgehead atoms. The van der Waals surface area contributed by atoms with E-state index in [9.17, 15) is 9.59 Å². The molecule has 0 unspecified atom stereocenters. The highest BCUT2D eigenvalue weighted by molar-refractivity contribution is 5.85. The van der Waals surface area contributed by atoms with E-state index in [-0.39, 0.29) is 24.7 Å². The van der Waals surface area contributed by atoms with Crippen molar-refractivity contribution in [3.63, 3.8) is 0 Å². The molecule has 0 aromatic carbocycles. The molecule has 8 nitrogen and oxygen atoms in total. The number of rotatable bonds is 15. The number of allylic oxidation sites excluding steroid dienone is 2. The monoisotopic (exact) mass is 374 g/mol. The summed E-state index contributed by atoms with van der Waals surface area (Å²) in [5.41, 5.74) is 0. The summed E-state index contributed by atoms with van der Waals surface area (Å²) in [5.74, 6) is -2.23. The molecule has 0 amide bonds. The number of carbonyl (C=O) groups is 2. The topological polar surface area (TPSA) is 112 Å². The van der Waals surface area contributed by atoms with Crippen LogP contribution in [0.1, 0.15) is 39.5 Å². The molecule has 2 N–H and O–H groups in total. The maximum absolute atomic E-state index is 11.1. The summed E-state index contributed by atoms with van der Waals surface area (Å²) in [6, 6.07) is 0. The summed E-state index contributed by atoms with van der Waals surface area (Å²) < 4.78 is 20.4. The van der Waals surface area contributed by atoms with Gasteiger partial charge in [-0.3, -0.25) is 0 Å². The lowest BCUT2D eigenvalue weighted by molar-refractivity contribution is -0.143. The molecule has 0 aliphatic carbocycles. The Morgan fingerprint density at radius 2 is 1.00 bits per heavy atom. The number of esters is 2. The first-order valence-electron chi connectivity index (χ1n) is 8.73. The Morgan fingerprint density at radius 3 is 1.35 bits per heavy atom. The van der Waals surface area contributed by atoms with Crippen molar-refractivity contribution in [3.8, 4) is 0 Å². The summed E-state index contributed by atoms with van der Waals surface area (Å²) in [6.07, 6.45) is 5.40. The van der Waals surface area contributed by atoms with E-state index >= 15 is 0 Å². The first-order chi connectivity index (χ1) is 12.5. The van der Waals surface area contributed by atoms with Gasteiger partial charge in [-0.25, -0.2) is 9.59 Å². The van der Waals surface area contributed by atoms with Gasteiger partial charge in [-0.1, -0.05) is 0 Å². The van der Waals surface area contributed by atoms with Crippen LogP contribution in [0.3, 0.4) is 0 Å². The predicted octanol–water partition coefficient (Wildman–Crippen LogP) is 2.59. The van der Waals surface area contributed by atoms with Crippen LogP contribution in [-0.4, -0.2) is 61.8 Å². The van der Waals surface area contributed by atoms with E-state index in [0.717, 1.165) is 12.8 Å². The molecule has 0 aromatic rings. The smallest absolute Gasteiger partial charge is 0.373 e. The van der Waals surface area contributed by atoms with Crippen molar-refractivity contribution in [2.75, 3.05) is 39.6 Å². The predicted molar refractivity (Wildman–Crippen MR) is 94.8 cm³/mol. The van der Waals surface area contributed by atoms with Crippen LogP contribution in [0.4, 0.5) is 0 Å². The Morgan fingerprint density at radius 1 is 0.654 bits per heavy atom. The van der Waals surface area contributed by atoms with Crippen LogP contribution in [0.5, 0.6) is 0 Å². The van der Waals surface area contributed by atoms with Crippen molar-refractivity contribution in [1.29, 1.82) is 0 Å². The number of aliphatic hydroxyl groups is 2. The molecule has 8 heteroatoms. The van der Waals surface area contributed by atoms with Crippen molar-refractivity contribution >= 4 is 11.9 Å². The zero-order valence-corrected chi connectivity index (χ0v) is 15.6. The number of aliphatic hydroxyl groups excluding tert-OH is 2. The summed E-state index contributed by atoms with van der Waals surface area (Å²) >= 11 is 0. The number of unbranched alkanes of at least 4 members (excludes halogenated alkanes) is 1. The summed E-state index contributed by atoms with van der Waals surface area (Å²) in [6.45, 7) is 5.66. The highest BCUT2D eigenvalue weighted by atomic mass is 16.6. The minimum absolute atomic E-state index is 0.205. The Labute approximate surface area is 154 Å². The number of hydrogen-bond donors (Lipinski definition) is 2. The minimum atomic E-state index is -0.724. The van der Waals surface area contributed by atoms with Gasteiger partial charge in [-0.2, -0.15) is 0 Å². The van der Waals surface area contributed by atoms with Crippen molar-refractivity contribution < 1.29 is 38.7 Å². The summed E-state index contributed by atoms with van der Waals surface area (Å²) in [7, 11) is 0. The Hall–Kier alpha value is -2.06. The fourth-order valence-electron chi connectivity index (χ4n) is 1.65. The standard InChI is InChI=1S/C18H30O8/c1-3-15(19)17(21)25-13-7-11-23-9-5-6-10-24-12-8-14-26-18(22)16(20)4-2/h3-4,19-20H,5-14H2,1-2H3. The normalized spacial score (nSPS) is 12.1. The molecule has 0 spiro atoms. The van der Waals surface area contributed by atoms with Gasteiger partial charge < -0.3 is 29.2 Å². The third-order valence-electron chi connectivity index (χ3n) is 3.12. The number of carbonyl (C=O) groups excluding carboxylic acids is 2. The van der Waals surface area contributed by atoms with Crippen LogP contribution in [0.15, 0.2) is 23.7 Å². The lowest BCUT2D eigenvalue weighted by Crippen LogP contribution is -2.11. The van der Waals surface area contributed by atoms with Gasteiger partial charge in [-0.15, -0.1) is 0 Å². The Bertz CT molecular complexity index is 414. The molecule has 26 heavy (non-hydrogen) atoms. The lowest BCUT2D eigenvalue weighted by atomic mass is 10.3. The first kappa shape index (κ1) is 23.9. The zero-order chi connectivity index (χ0) is 19.6. The number of hydrogen-bond acceptors (Lipinski definition) is 8. The fourth-order valence-corrected chi connectivity index (χ4v) is 1.65. The highest BCUT2D eigenvalue weighted by Crippen LogP contribution is 1.97. The van der Waals surface area contributed by atoms with Crippen molar-refractivity contribution in [2.45, 2.75) is 39.5 Å². The fraction of sp³-hybridized carbons (Fsp3) is 0.667. The molecular formula is C18H30O8. The molecule has 0 aliphatic heterocycles. The SMILES string of the molecule is CC=C(O)C(=O)OCCCOCCCCOCCCOC(=O)C(O)=CC. The second-order valence-electron chi connectivity index (χ2n) is 5.26. The molecule has 0 heterocycles. The molecule has 0 rings (SSSR count). The van der Waals surface area contributed by atoms with Crippen LogP contribution in [-0.2, 0) is 28.5 Å². The second kappa shape index (κ2) is 16.4. The maximum Gasteiger partial charge on any atom is 0.373 e. The van der Waals surface area contributed by atoms with E-state index in [1.807, 2.05) is 0 Å². The quantitative estimate of drug-likeness (QED) is 0.195. The van der Waals surface area contributed by atoms with Crippen molar-refractivity contribution in [2.24, 2.45) is 0 Å². The largest absolute Gasteiger partial charge is 0.502 e. The first-order valence-corrected chi connectivity index (χ1v) is 8.73. The average Bonchev–Trinajstić information content (AvgIpc) is 2.66. The third kappa shape index (κ3) is 13.3. The molecule has 0 aliphatic rings. The maximum atomic E-state index is 11.1. The highest BCUT2D eigenvalue weighted by Gasteiger charge is 2.07. The van der Waals surface area contributed by atoms with Gasteiger partial charge in [0.1, 0.15) is 0 Å². The van der Waals surface area contributed by atoms with Gasteiger partial charge in [0.05, 0.1) is 13.2 Å². The molecule has 0 saturated carbocycles. The molecule has 0 atom stereocenters. The van der Waals surface area contributed by atoms with E-state index < -0.39 is 11.9 Å². The molecule has 0 saturated heterocycles. The lowest BCUT2D eigenvalue weighted by Gasteiger charge is -2.07. The van der Waals surface area contributed by atoms with Crippen LogP contribution in [0, 0.1) is 0 Å². The number of ether oxygens (including phenoxy) is 4. The zero-order valence-electron chi connectivity index (χ0n) is 15.6. The van der Waals surface area contributed by atoms with E-state index in [1.54, 1.807) is 13.8 Å². The van der Waals surface area contributed by atoms with Gasteiger partial charge in [0.2, 0.25) is 0 Å². The van der Waals surface area contributed by atoms with Crippen molar-refractivity contribution in [3.05, 3.63) is 23.7 Å². The van der Waals surface area contributed by atoms with Crippen LogP contribution < -0.4 is 0 Å². The van der Waals surface area contributed by atoms with Gasteiger partial charge in [0.25, 0.3) is 0 Å². The Kier molecular flexibility index (Phi) is 15.1. The van der Waals surface area contributed by atoms with Crippen molar-refractivity contribution in [1.82, 2.24) is 0 Å². The van der Waals surface area contributed by atoms with E-state index in [4.69, 9.17) is 29.2 Å². The summed E-state index contributed by atoms with van der Waals surface area (Å²) in [5, 5.41) is 18.2. The van der Waals surface area contributed by atoms with E-state index in [0.29, 0.717) is 39.3 Å². The van der Waals surface area contributed by atoms with Gasteiger partial charge in [0.15, 0.2) is 11.5 Å². The van der Waals surface area contributed by atoms with Gasteiger partial charge in [0, 0.05) is 39.3 Å². The van der Waals surface area contributed by atoms with E-state index in [1.165, 1.54) is 12.2 Å². The van der Waals surface area contributed by atoms with Crippen LogP contribution in [0.2, 0.25) is 0 Å². The molecule has 0 fully saturated rings. The van der Waals surface area contributed by atoms with E-state index in [2.05, 4.69) is 0 Å². The summed E-state index contributed by atoms with van der Waals surface area (Å²) in [4.78, 5) is 22.2. The minimum Gasteiger partial charge on any atom is -0.502 e. The van der Waals surface area contributed by atoms with Crippen LogP contribution in [0.25, 0.3) is 0 Å².